The van der Waals surface area contributed by atoms with E-state index in [4.69, 9.17) is 4.74 Å². The zero-order valence-corrected chi connectivity index (χ0v) is 13.5. The van der Waals surface area contributed by atoms with Crippen molar-refractivity contribution < 1.29 is 13.9 Å². The van der Waals surface area contributed by atoms with Crippen molar-refractivity contribution in [2.45, 2.75) is 45.4 Å². The van der Waals surface area contributed by atoms with Gasteiger partial charge in [-0.2, -0.15) is 0 Å². The second kappa shape index (κ2) is 5.08. The highest BCUT2D eigenvalue weighted by molar-refractivity contribution is 5.85. The maximum Gasteiger partial charge on any atom is 0.408 e. The van der Waals surface area contributed by atoms with Crippen molar-refractivity contribution in [1.82, 2.24) is 9.88 Å². The van der Waals surface area contributed by atoms with E-state index in [1.165, 1.54) is 16.7 Å². The predicted molar refractivity (Wildman–Crippen MR) is 85.0 cm³/mol. The van der Waals surface area contributed by atoms with Crippen LogP contribution in [0.15, 0.2) is 29.1 Å². The fourth-order valence-electron chi connectivity index (χ4n) is 3.07. The average Bonchev–Trinajstić information content (AvgIpc) is 2.70. The van der Waals surface area contributed by atoms with Gasteiger partial charge in [0.25, 0.3) is 5.56 Å². The van der Waals surface area contributed by atoms with Gasteiger partial charge in [0.2, 0.25) is 0 Å². The molecule has 1 aromatic carbocycles. The molecule has 2 aromatic rings. The predicted octanol–water partition coefficient (Wildman–Crippen LogP) is 3.28. The lowest BCUT2D eigenvalue weighted by molar-refractivity contribution is 0.0492. The number of carbonyl (C=O) groups is 1. The molecule has 1 aromatic heterocycles. The number of aromatic nitrogens is 1. The van der Waals surface area contributed by atoms with Gasteiger partial charge >= 0.3 is 6.09 Å². The van der Waals surface area contributed by atoms with Crippen molar-refractivity contribution in [3.05, 3.63) is 46.0 Å². The summed E-state index contributed by atoms with van der Waals surface area (Å²) in [5.74, 6) is -0.442. The number of rotatable bonds is 1. The normalized spacial score (nSPS) is 19.9. The van der Waals surface area contributed by atoms with Crippen LogP contribution >= 0.6 is 0 Å². The third-order valence-electron chi connectivity index (χ3n) is 3.95. The van der Waals surface area contributed by atoms with E-state index >= 15 is 0 Å². The van der Waals surface area contributed by atoms with E-state index < -0.39 is 29.6 Å². The molecule has 0 saturated heterocycles. The lowest BCUT2D eigenvalue weighted by Crippen LogP contribution is -2.37. The van der Waals surface area contributed by atoms with Crippen LogP contribution in [0, 0.1) is 5.82 Å². The molecule has 122 valence electrons. The van der Waals surface area contributed by atoms with Crippen molar-refractivity contribution in [2.75, 3.05) is 0 Å². The van der Waals surface area contributed by atoms with Gasteiger partial charge in [0.05, 0.1) is 17.6 Å². The van der Waals surface area contributed by atoms with Crippen molar-refractivity contribution in [3.63, 3.8) is 0 Å². The summed E-state index contributed by atoms with van der Waals surface area (Å²) in [7, 11) is 0. The Labute approximate surface area is 133 Å². The number of benzene rings is 1. The van der Waals surface area contributed by atoms with Gasteiger partial charge in [0.1, 0.15) is 11.4 Å². The standard InChI is InChI=1S/C17H19FN2O3/c1-9-14(19-16(22)23-17(2,3)4)13-11(18)7-5-10-6-8-12(21)20(9)15(10)13/h5-9,14H,1-4H3,(H,19,22). The Balaban J connectivity index is 2.07. The highest BCUT2D eigenvalue weighted by atomic mass is 19.1. The van der Waals surface area contributed by atoms with Crippen LogP contribution in [-0.4, -0.2) is 16.3 Å². The molecular weight excluding hydrogens is 299 g/mol. The van der Waals surface area contributed by atoms with E-state index in [2.05, 4.69) is 5.32 Å². The minimum atomic E-state index is -0.653. The smallest absolute Gasteiger partial charge is 0.408 e. The highest BCUT2D eigenvalue weighted by Gasteiger charge is 2.36. The van der Waals surface area contributed by atoms with E-state index in [9.17, 15) is 14.0 Å². The Kier molecular flexibility index (Phi) is 3.43. The van der Waals surface area contributed by atoms with Crippen LogP contribution in [0.25, 0.3) is 10.9 Å². The van der Waals surface area contributed by atoms with Gasteiger partial charge in [0.15, 0.2) is 0 Å². The summed E-state index contributed by atoms with van der Waals surface area (Å²) in [5.41, 5.74) is -0.00450. The summed E-state index contributed by atoms with van der Waals surface area (Å²) < 4.78 is 21.2. The number of halogens is 1. The van der Waals surface area contributed by atoms with Crippen LogP contribution in [0.2, 0.25) is 0 Å². The molecule has 3 rings (SSSR count). The van der Waals surface area contributed by atoms with E-state index in [1.807, 2.05) is 0 Å². The zero-order valence-electron chi connectivity index (χ0n) is 13.5. The molecule has 1 aliphatic rings. The Hall–Kier alpha value is -2.37. The molecule has 1 aliphatic heterocycles. The number of nitrogens with zero attached hydrogens (tertiary/aromatic N) is 1. The molecule has 23 heavy (non-hydrogen) atoms. The molecule has 6 heteroatoms. The molecule has 2 atom stereocenters. The molecule has 5 nitrogen and oxygen atoms in total. The second-order valence-electron chi connectivity index (χ2n) is 6.80. The first-order valence-corrected chi connectivity index (χ1v) is 7.52. The molecule has 0 fully saturated rings. The van der Waals surface area contributed by atoms with Gasteiger partial charge in [-0.3, -0.25) is 4.79 Å². The molecule has 2 heterocycles. The number of alkyl carbamates (subject to hydrolysis) is 1. The molecule has 0 saturated carbocycles. The number of hydrogen-bond donors (Lipinski definition) is 1. The number of nitrogens with one attached hydrogen (secondary N) is 1. The molecule has 0 aliphatic carbocycles. The Bertz CT molecular complexity index is 851. The highest BCUT2D eigenvalue weighted by Crippen LogP contribution is 2.40. The summed E-state index contributed by atoms with van der Waals surface area (Å²) in [6, 6.07) is 5.06. The first-order valence-electron chi connectivity index (χ1n) is 7.52. The van der Waals surface area contributed by atoms with Gasteiger partial charge in [0, 0.05) is 11.6 Å². The van der Waals surface area contributed by atoms with Crippen molar-refractivity contribution in [1.29, 1.82) is 0 Å². The summed E-state index contributed by atoms with van der Waals surface area (Å²) >= 11 is 0. The summed E-state index contributed by atoms with van der Waals surface area (Å²) in [5, 5.41) is 3.46. The zero-order chi connectivity index (χ0) is 16.9. The molecule has 0 spiro atoms. The number of pyridine rings is 1. The van der Waals surface area contributed by atoms with Gasteiger partial charge in [-0.05, 0) is 51.3 Å². The Morgan fingerprint density at radius 2 is 1.91 bits per heavy atom. The first-order chi connectivity index (χ1) is 10.7. The maximum absolute atomic E-state index is 14.4. The third-order valence-corrected chi connectivity index (χ3v) is 3.95. The quantitative estimate of drug-likeness (QED) is 0.878. The third kappa shape index (κ3) is 2.58. The fraction of sp³-hybridized carbons (Fsp3) is 0.412. The topological polar surface area (TPSA) is 60.3 Å². The van der Waals surface area contributed by atoms with Crippen molar-refractivity contribution in [2.24, 2.45) is 0 Å². The molecular formula is C17H19FN2O3. The van der Waals surface area contributed by atoms with E-state index in [0.29, 0.717) is 11.1 Å². The van der Waals surface area contributed by atoms with Crippen LogP contribution in [0.4, 0.5) is 9.18 Å². The molecule has 0 radical (unpaired) electrons. The Morgan fingerprint density at radius 3 is 2.57 bits per heavy atom. The average molecular weight is 318 g/mol. The lowest BCUT2D eigenvalue weighted by atomic mass is 10.0. The van der Waals surface area contributed by atoms with Gasteiger partial charge in [-0.1, -0.05) is 0 Å². The van der Waals surface area contributed by atoms with Crippen LogP contribution in [0.1, 0.15) is 45.3 Å². The SMILES string of the molecule is CC1C(NC(=O)OC(C)(C)C)c2c(F)ccc3ccc(=O)n1c23. The van der Waals surface area contributed by atoms with Gasteiger partial charge in [-0.25, -0.2) is 9.18 Å². The molecule has 2 unspecified atom stereocenters. The van der Waals surface area contributed by atoms with Crippen molar-refractivity contribution in [3.8, 4) is 0 Å². The lowest BCUT2D eigenvalue weighted by Gasteiger charge is -2.24. The fourth-order valence-corrected chi connectivity index (χ4v) is 3.07. The largest absolute Gasteiger partial charge is 0.444 e. The van der Waals surface area contributed by atoms with Gasteiger partial charge < -0.3 is 14.6 Å². The number of ether oxygens (including phenoxy) is 1. The minimum absolute atomic E-state index is 0.217. The minimum Gasteiger partial charge on any atom is -0.444 e. The van der Waals surface area contributed by atoms with Crippen molar-refractivity contribution >= 4 is 17.0 Å². The molecule has 1 amide bonds. The number of hydrogen-bond acceptors (Lipinski definition) is 3. The second-order valence-corrected chi connectivity index (χ2v) is 6.80. The van der Waals surface area contributed by atoms with E-state index in [1.54, 1.807) is 39.8 Å². The van der Waals surface area contributed by atoms with Gasteiger partial charge in [-0.15, -0.1) is 0 Å². The summed E-state index contributed by atoms with van der Waals surface area (Å²) in [6.45, 7) is 7.05. The molecule has 0 bridgehead atoms. The Morgan fingerprint density at radius 1 is 1.26 bits per heavy atom. The van der Waals surface area contributed by atoms with Crippen LogP contribution < -0.4 is 10.9 Å². The maximum atomic E-state index is 14.4. The van der Waals surface area contributed by atoms with Crippen LogP contribution in [-0.2, 0) is 4.74 Å². The molecule has 1 N–H and O–H groups in total. The van der Waals surface area contributed by atoms with Crippen LogP contribution in [0.3, 0.4) is 0 Å². The number of amides is 1. The monoisotopic (exact) mass is 318 g/mol. The first kappa shape index (κ1) is 15.5. The summed E-state index contributed by atoms with van der Waals surface area (Å²) in [4.78, 5) is 24.3. The van der Waals surface area contributed by atoms with E-state index in [0.717, 1.165) is 5.39 Å². The summed E-state index contributed by atoms with van der Waals surface area (Å²) in [6.07, 6.45) is -0.633. The van der Waals surface area contributed by atoms with E-state index in [-0.39, 0.29) is 5.56 Å². The van der Waals surface area contributed by atoms with Crippen LogP contribution in [0.5, 0.6) is 0 Å². The number of carbonyl (C=O) groups excluding carboxylic acids is 1.